The molecule has 15 heteroatoms. The highest BCUT2D eigenvalue weighted by Crippen LogP contribution is 2.50. The van der Waals surface area contributed by atoms with Crippen LogP contribution in [-0.2, 0) is 65.1 Å². The summed E-state index contributed by atoms with van der Waals surface area (Å²) in [6.45, 7) is 1.89. The van der Waals surface area contributed by atoms with Crippen LogP contribution in [0, 0.1) is 35.5 Å². The zero-order valence-electron chi connectivity index (χ0n) is 30.4. The molecule has 296 valence electrons. The molecular formula is C41H41Cl3O10P2. The van der Waals surface area contributed by atoms with Crippen molar-refractivity contribution in [3.8, 4) is 0 Å². The van der Waals surface area contributed by atoms with Crippen molar-refractivity contribution in [2.45, 2.75) is 61.6 Å². The van der Waals surface area contributed by atoms with E-state index in [2.05, 4.69) is 8.93 Å². The maximum Gasteiger partial charge on any atom is 0.318 e. The van der Waals surface area contributed by atoms with Gasteiger partial charge in [0.25, 0.3) is 0 Å². The first kappa shape index (κ1) is 42.4. The first-order valence-corrected chi connectivity index (χ1v) is 22.6. The number of esters is 6. The number of rotatable bonds is 17. The van der Waals surface area contributed by atoms with Gasteiger partial charge in [-0.05, 0) is 64.5 Å². The van der Waals surface area contributed by atoms with Gasteiger partial charge in [0.1, 0.15) is 0 Å². The largest absolute Gasteiger partial charge is 0.393 e. The molecule has 0 saturated carbocycles. The molecular weight excluding hydrogens is 821 g/mol. The van der Waals surface area contributed by atoms with Gasteiger partial charge in [0, 0.05) is 32.1 Å². The predicted molar refractivity (Wildman–Crippen MR) is 214 cm³/mol. The van der Waals surface area contributed by atoms with E-state index in [0.29, 0.717) is 23.4 Å². The van der Waals surface area contributed by atoms with Gasteiger partial charge >= 0.3 is 35.8 Å². The number of hydrogen-bond donors (Lipinski definition) is 0. The Bertz CT molecular complexity index is 1940. The number of cyclic esters (lactones) is 6. The molecule has 11 atom stereocenters. The van der Waals surface area contributed by atoms with Gasteiger partial charge < -0.3 is 18.7 Å². The molecule has 0 N–H and O–H groups in total. The molecule has 3 saturated heterocycles. The lowest BCUT2D eigenvalue weighted by molar-refractivity contribution is -0.156. The Morgan fingerprint density at radius 3 is 1.20 bits per heavy atom. The summed E-state index contributed by atoms with van der Waals surface area (Å²) in [6.07, 6.45) is 0.203. The molecule has 3 aliphatic rings. The third-order valence-corrected chi connectivity index (χ3v) is 13.2. The average molecular weight is 862 g/mol. The third-order valence-electron chi connectivity index (χ3n) is 11.4. The van der Waals surface area contributed by atoms with Crippen molar-refractivity contribution in [2.75, 3.05) is 6.61 Å². The van der Waals surface area contributed by atoms with Crippen molar-refractivity contribution in [1.82, 2.24) is 0 Å². The minimum absolute atomic E-state index is 0.0232. The van der Waals surface area contributed by atoms with Gasteiger partial charge in [-0.25, -0.2) is 0 Å². The highest BCUT2D eigenvalue weighted by atomic mass is 35.5. The van der Waals surface area contributed by atoms with Gasteiger partial charge in [-0.15, -0.1) is 34.8 Å². The second kappa shape index (κ2) is 19.0. The monoisotopic (exact) mass is 860 g/mol. The van der Waals surface area contributed by atoms with E-state index < -0.39 is 89.1 Å². The van der Waals surface area contributed by atoms with E-state index in [4.69, 9.17) is 53.5 Å². The highest BCUT2D eigenvalue weighted by Gasteiger charge is 2.56. The van der Waals surface area contributed by atoms with E-state index in [0.717, 1.165) is 22.3 Å². The quantitative estimate of drug-likeness (QED) is 0.0430. The fourth-order valence-electron chi connectivity index (χ4n) is 8.54. The molecule has 3 aromatic rings. The summed E-state index contributed by atoms with van der Waals surface area (Å²) in [5, 5.41) is 0. The minimum Gasteiger partial charge on any atom is -0.393 e. The molecule has 3 aliphatic heterocycles. The predicted octanol–water partition coefficient (Wildman–Crippen LogP) is 8.09. The molecule has 3 aromatic carbocycles. The van der Waals surface area contributed by atoms with Crippen LogP contribution in [0.15, 0.2) is 72.8 Å². The van der Waals surface area contributed by atoms with Crippen LogP contribution in [0.2, 0.25) is 0 Å². The van der Waals surface area contributed by atoms with Crippen molar-refractivity contribution in [3.05, 3.63) is 106 Å². The van der Waals surface area contributed by atoms with Gasteiger partial charge in [0.2, 0.25) is 0 Å². The summed E-state index contributed by atoms with van der Waals surface area (Å²) >= 11 is 18.3. The van der Waals surface area contributed by atoms with E-state index in [-0.39, 0.29) is 39.7 Å². The van der Waals surface area contributed by atoms with Crippen molar-refractivity contribution < 1.29 is 47.5 Å². The lowest BCUT2D eigenvalue weighted by atomic mass is 9.67. The summed E-state index contributed by atoms with van der Waals surface area (Å²) in [7, 11) is 2.53. The van der Waals surface area contributed by atoms with E-state index in [1.807, 2.05) is 24.3 Å². The number of carbonyl (C=O) groups excluding carboxylic acids is 6. The highest BCUT2D eigenvalue weighted by molar-refractivity contribution is 8.00. The summed E-state index contributed by atoms with van der Waals surface area (Å²) < 4.78 is 21.7. The molecule has 0 spiro atoms. The molecule has 56 heavy (non-hydrogen) atoms. The van der Waals surface area contributed by atoms with Crippen LogP contribution >= 0.6 is 52.2 Å². The number of halogens is 3. The Hall–Kier alpha value is -3.23. The van der Waals surface area contributed by atoms with Crippen molar-refractivity contribution in [3.63, 3.8) is 0 Å². The second-order valence-electron chi connectivity index (χ2n) is 14.4. The smallest absolute Gasteiger partial charge is 0.318 e. The van der Waals surface area contributed by atoms with Crippen LogP contribution in [0.1, 0.15) is 77.3 Å². The maximum absolute atomic E-state index is 14.0. The lowest BCUT2D eigenvalue weighted by Gasteiger charge is -2.32. The number of carbonyl (C=O) groups is 6. The SMILES string of the molecule is CCC1C(=O)OC(=O)C1C(CC1C(=O)OC(=O)C1C(CC1C(=O)OC(=O)C1C(COPP)c1ccc(CCl)cc1)c1ccc(CCl)cc1)c1ccc(CCl)cc1. The molecule has 0 amide bonds. The van der Waals surface area contributed by atoms with Crippen LogP contribution in [0.3, 0.4) is 0 Å². The third kappa shape index (κ3) is 8.92. The summed E-state index contributed by atoms with van der Waals surface area (Å²) in [5.41, 5.74) is 4.51. The van der Waals surface area contributed by atoms with E-state index in [1.54, 1.807) is 55.5 Å². The van der Waals surface area contributed by atoms with Crippen molar-refractivity contribution in [1.29, 1.82) is 0 Å². The molecule has 0 bridgehead atoms. The Labute approximate surface area is 343 Å². The van der Waals surface area contributed by atoms with E-state index in [1.165, 1.54) is 0 Å². The first-order valence-electron chi connectivity index (χ1n) is 18.3. The van der Waals surface area contributed by atoms with Crippen LogP contribution in [-0.4, -0.2) is 42.4 Å². The molecule has 0 aromatic heterocycles. The zero-order valence-corrected chi connectivity index (χ0v) is 34.8. The molecule has 0 radical (unpaired) electrons. The Kier molecular flexibility index (Phi) is 14.4. The van der Waals surface area contributed by atoms with E-state index >= 15 is 0 Å². The van der Waals surface area contributed by atoms with Crippen molar-refractivity contribution >= 4 is 88.0 Å². The normalized spacial score (nSPS) is 25.4. The topological polar surface area (TPSA) is 139 Å². The molecule has 11 unspecified atom stereocenters. The summed E-state index contributed by atoms with van der Waals surface area (Å²) in [4.78, 5) is 81.5. The van der Waals surface area contributed by atoms with Crippen LogP contribution in [0.25, 0.3) is 0 Å². The van der Waals surface area contributed by atoms with Crippen LogP contribution in [0.5, 0.6) is 0 Å². The maximum atomic E-state index is 14.0. The van der Waals surface area contributed by atoms with Gasteiger partial charge in [-0.3, -0.25) is 28.8 Å². The first-order chi connectivity index (χ1) is 27.0. The number of benzene rings is 3. The minimum atomic E-state index is -1.14. The molecule has 6 rings (SSSR count). The standard InChI is InChI=1S/C41H41Cl3O10P2/c1-2-27-33(39(48)52-36(27)45)28(24-9-3-21(17-42)4-10-24)15-30-34(40(49)53-37(30)46)29(25-11-5-22(18-43)6-12-25)16-31-35(41(50)54-38(31)47)32(20-51-56-55)26-13-7-23(19-44)8-14-26/h3-14,27-35,56H,2,15-20,55H2,1H3. The number of ether oxygens (including phenoxy) is 3. The van der Waals surface area contributed by atoms with Gasteiger partial charge in [-0.2, -0.15) is 0 Å². The van der Waals surface area contributed by atoms with Crippen LogP contribution in [0.4, 0.5) is 0 Å². The van der Waals surface area contributed by atoms with E-state index in [9.17, 15) is 28.8 Å². The molecule has 3 fully saturated rings. The Balaban J connectivity index is 1.42. The molecule has 0 aliphatic carbocycles. The Morgan fingerprint density at radius 2 is 0.857 bits per heavy atom. The number of alkyl halides is 3. The fourth-order valence-corrected chi connectivity index (χ4v) is 9.63. The summed E-state index contributed by atoms with van der Waals surface area (Å²) in [6, 6.07) is 21.8. The number of hydrogen-bond acceptors (Lipinski definition) is 10. The van der Waals surface area contributed by atoms with Gasteiger partial charge in [-0.1, -0.05) is 88.6 Å². The fraction of sp³-hybridized carbons (Fsp3) is 0.415. The second-order valence-corrected chi connectivity index (χ2v) is 16.4. The van der Waals surface area contributed by atoms with Gasteiger partial charge in [0.15, 0.2) is 0 Å². The van der Waals surface area contributed by atoms with Crippen molar-refractivity contribution in [2.24, 2.45) is 35.5 Å². The average Bonchev–Trinajstić information content (AvgIpc) is 3.77. The Morgan fingerprint density at radius 1 is 0.536 bits per heavy atom. The molecule has 3 heterocycles. The summed E-state index contributed by atoms with van der Waals surface area (Å²) in [5.74, 6) is -11.8. The zero-order chi connectivity index (χ0) is 40.1. The molecule has 10 nitrogen and oxygen atoms in total. The van der Waals surface area contributed by atoms with Gasteiger partial charge in [0.05, 0.1) is 42.1 Å². The van der Waals surface area contributed by atoms with Crippen LogP contribution < -0.4 is 0 Å². The lowest BCUT2D eigenvalue weighted by Crippen LogP contribution is -2.34.